The van der Waals surface area contributed by atoms with Crippen LogP contribution in [0.15, 0.2) is 24.4 Å². The molecule has 4 heteroatoms. The topological polar surface area (TPSA) is 36.1 Å². The Morgan fingerprint density at radius 1 is 1.21 bits per heavy atom. The molecule has 1 aliphatic heterocycles. The van der Waals surface area contributed by atoms with Gasteiger partial charge in [0.05, 0.1) is 0 Å². The Hall–Kier alpha value is -1.84. The summed E-state index contributed by atoms with van der Waals surface area (Å²) in [4.78, 5) is 18.0. The Labute approximate surface area is 142 Å². The van der Waals surface area contributed by atoms with E-state index in [0.717, 1.165) is 30.5 Å². The number of nitrogens with zero attached hydrogens (tertiary/aromatic N) is 1. The quantitative estimate of drug-likeness (QED) is 0.889. The number of nitrogens with one attached hydrogen (secondary N) is 1. The van der Waals surface area contributed by atoms with Gasteiger partial charge in [-0.2, -0.15) is 0 Å². The molecule has 3 nitrogen and oxygen atoms in total. The van der Waals surface area contributed by atoms with Gasteiger partial charge in [-0.05, 0) is 55.7 Å². The molecule has 1 N–H and O–H groups in total. The summed E-state index contributed by atoms with van der Waals surface area (Å²) in [5.41, 5.74) is 1.72. The average molecular weight is 328 g/mol. The molecule has 1 amide bonds. The number of aromatic nitrogens is 1. The molecule has 0 bridgehead atoms. The summed E-state index contributed by atoms with van der Waals surface area (Å²) >= 11 is 0. The van der Waals surface area contributed by atoms with E-state index in [0.29, 0.717) is 30.2 Å². The molecule has 1 saturated heterocycles. The minimum atomic E-state index is -0.207. The highest BCUT2D eigenvalue weighted by molar-refractivity contribution is 5.85. The van der Waals surface area contributed by atoms with Gasteiger partial charge < -0.3 is 9.88 Å². The first kappa shape index (κ1) is 15.7. The van der Waals surface area contributed by atoms with E-state index >= 15 is 0 Å². The molecule has 2 atom stereocenters. The van der Waals surface area contributed by atoms with Gasteiger partial charge >= 0.3 is 0 Å². The van der Waals surface area contributed by atoms with Gasteiger partial charge in [0.1, 0.15) is 5.82 Å². The van der Waals surface area contributed by atoms with Crippen LogP contribution in [0, 0.1) is 11.7 Å². The van der Waals surface area contributed by atoms with Gasteiger partial charge in [0.15, 0.2) is 0 Å². The number of hydrogen-bond acceptors (Lipinski definition) is 1. The Morgan fingerprint density at radius 3 is 2.96 bits per heavy atom. The van der Waals surface area contributed by atoms with Crippen LogP contribution in [0.25, 0.3) is 10.9 Å². The number of halogens is 1. The number of amides is 1. The number of aryl methyl sites for hydroxylation is 1. The zero-order valence-electron chi connectivity index (χ0n) is 14.1. The normalized spacial score (nSPS) is 24.1. The number of likely N-dealkylation sites (tertiary alicyclic amines) is 1. The van der Waals surface area contributed by atoms with Crippen molar-refractivity contribution >= 4 is 16.8 Å². The van der Waals surface area contributed by atoms with Crippen molar-refractivity contribution in [1.29, 1.82) is 0 Å². The minimum absolute atomic E-state index is 0.207. The fourth-order valence-corrected chi connectivity index (χ4v) is 4.72. The summed E-state index contributed by atoms with van der Waals surface area (Å²) in [6.07, 6.45) is 10.4. The van der Waals surface area contributed by atoms with Gasteiger partial charge in [0, 0.05) is 36.1 Å². The SMILES string of the molecule is O=C(CCc1c[nH]c2cccc(F)c12)N1CCCC2CCCCC21. The van der Waals surface area contributed by atoms with E-state index in [1.807, 2.05) is 12.3 Å². The van der Waals surface area contributed by atoms with Crippen LogP contribution in [0.1, 0.15) is 50.5 Å². The average Bonchev–Trinajstić information content (AvgIpc) is 3.04. The van der Waals surface area contributed by atoms with Gasteiger partial charge in [-0.15, -0.1) is 0 Å². The molecule has 1 aromatic carbocycles. The smallest absolute Gasteiger partial charge is 0.223 e. The Bertz CT molecular complexity index is 736. The van der Waals surface area contributed by atoms with Crippen molar-refractivity contribution in [3.05, 3.63) is 35.8 Å². The second-order valence-corrected chi connectivity index (χ2v) is 7.32. The predicted octanol–water partition coefficient (Wildman–Crippen LogP) is 4.42. The van der Waals surface area contributed by atoms with Crippen molar-refractivity contribution in [2.45, 2.75) is 57.4 Å². The molecule has 4 rings (SSSR count). The summed E-state index contributed by atoms with van der Waals surface area (Å²) in [5.74, 6) is 0.751. The van der Waals surface area contributed by atoms with Crippen LogP contribution in [0.3, 0.4) is 0 Å². The van der Waals surface area contributed by atoms with Gasteiger partial charge in [-0.25, -0.2) is 4.39 Å². The van der Waals surface area contributed by atoms with Crippen molar-refractivity contribution in [3.8, 4) is 0 Å². The summed E-state index contributed by atoms with van der Waals surface area (Å²) < 4.78 is 14.1. The second kappa shape index (κ2) is 6.58. The standard InChI is InChI=1S/C20H25FN2O/c21-16-7-3-8-17-20(16)15(13-22-17)10-11-19(24)23-12-4-6-14-5-1-2-9-18(14)23/h3,7-8,13-14,18,22H,1-2,4-6,9-12H2. The zero-order chi connectivity index (χ0) is 16.5. The van der Waals surface area contributed by atoms with E-state index in [1.54, 1.807) is 6.07 Å². The van der Waals surface area contributed by atoms with Gasteiger partial charge in [-0.3, -0.25) is 4.79 Å². The molecule has 1 saturated carbocycles. The molecular weight excluding hydrogens is 303 g/mol. The second-order valence-electron chi connectivity index (χ2n) is 7.32. The lowest BCUT2D eigenvalue weighted by Gasteiger charge is -2.44. The first-order valence-electron chi connectivity index (χ1n) is 9.28. The maximum absolute atomic E-state index is 14.1. The zero-order valence-corrected chi connectivity index (χ0v) is 14.1. The number of carbonyl (C=O) groups is 1. The van der Waals surface area contributed by atoms with Crippen LogP contribution in [0.2, 0.25) is 0 Å². The molecule has 128 valence electrons. The number of piperidine rings is 1. The lowest BCUT2D eigenvalue weighted by atomic mass is 9.78. The molecule has 2 heterocycles. The van der Waals surface area contributed by atoms with Crippen LogP contribution in [0.5, 0.6) is 0 Å². The third kappa shape index (κ3) is 2.83. The van der Waals surface area contributed by atoms with Gasteiger partial charge in [0.2, 0.25) is 5.91 Å². The van der Waals surface area contributed by atoms with Crippen molar-refractivity contribution in [1.82, 2.24) is 9.88 Å². The van der Waals surface area contributed by atoms with Crippen LogP contribution in [-0.2, 0) is 11.2 Å². The van der Waals surface area contributed by atoms with E-state index in [2.05, 4.69) is 9.88 Å². The Kier molecular flexibility index (Phi) is 4.30. The van der Waals surface area contributed by atoms with Gasteiger partial charge in [0.25, 0.3) is 0 Å². The number of hydrogen-bond donors (Lipinski definition) is 1. The number of aromatic amines is 1. The monoisotopic (exact) mass is 328 g/mol. The Morgan fingerprint density at radius 2 is 2.04 bits per heavy atom. The van der Waals surface area contributed by atoms with E-state index in [4.69, 9.17) is 0 Å². The van der Waals surface area contributed by atoms with Crippen molar-refractivity contribution in [2.24, 2.45) is 5.92 Å². The fourth-order valence-electron chi connectivity index (χ4n) is 4.72. The molecule has 24 heavy (non-hydrogen) atoms. The van der Waals surface area contributed by atoms with Crippen molar-refractivity contribution in [3.63, 3.8) is 0 Å². The number of rotatable bonds is 3. The summed E-state index contributed by atoms with van der Waals surface area (Å²) in [5, 5.41) is 0.638. The number of H-pyrrole nitrogens is 1. The first-order chi connectivity index (χ1) is 11.7. The van der Waals surface area contributed by atoms with E-state index in [9.17, 15) is 9.18 Å². The largest absolute Gasteiger partial charge is 0.361 e. The molecule has 2 unspecified atom stereocenters. The number of benzene rings is 1. The summed E-state index contributed by atoms with van der Waals surface area (Å²) in [6, 6.07) is 5.53. The van der Waals surface area contributed by atoms with Crippen LogP contribution >= 0.6 is 0 Å². The summed E-state index contributed by atoms with van der Waals surface area (Å²) in [6.45, 7) is 0.905. The maximum Gasteiger partial charge on any atom is 0.223 e. The van der Waals surface area contributed by atoms with Crippen LogP contribution in [0.4, 0.5) is 4.39 Å². The van der Waals surface area contributed by atoms with Crippen LogP contribution in [-0.4, -0.2) is 28.4 Å². The molecule has 0 radical (unpaired) electrons. The third-order valence-corrected chi connectivity index (χ3v) is 5.91. The van der Waals surface area contributed by atoms with Crippen LogP contribution < -0.4 is 0 Å². The number of fused-ring (bicyclic) bond motifs is 2. The molecule has 2 aliphatic rings. The van der Waals surface area contributed by atoms with Crippen molar-refractivity contribution < 1.29 is 9.18 Å². The number of carbonyl (C=O) groups excluding carboxylic acids is 1. The maximum atomic E-state index is 14.1. The van der Waals surface area contributed by atoms with E-state index in [1.165, 1.54) is 31.7 Å². The summed E-state index contributed by atoms with van der Waals surface area (Å²) in [7, 11) is 0. The predicted molar refractivity (Wildman–Crippen MR) is 93.3 cm³/mol. The highest BCUT2D eigenvalue weighted by atomic mass is 19.1. The lowest BCUT2D eigenvalue weighted by molar-refractivity contribution is -0.137. The lowest BCUT2D eigenvalue weighted by Crippen LogP contribution is -2.49. The van der Waals surface area contributed by atoms with Gasteiger partial charge in [-0.1, -0.05) is 18.9 Å². The molecule has 1 aromatic heterocycles. The molecule has 1 aliphatic carbocycles. The highest BCUT2D eigenvalue weighted by Crippen LogP contribution is 2.35. The fraction of sp³-hybridized carbons (Fsp3) is 0.550. The van der Waals surface area contributed by atoms with E-state index < -0.39 is 0 Å². The third-order valence-electron chi connectivity index (χ3n) is 5.91. The first-order valence-corrected chi connectivity index (χ1v) is 9.28. The van der Waals surface area contributed by atoms with E-state index in [-0.39, 0.29) is 11.7 Å². The molecule has 0 spiro atoms. The molecule has 2 aromatic rings. The highest BCUT2D eigenvalue weighted by Gasteiger charge is 2.35. The molecular formula is C20H25FN2O. The Balaban J connectivity index is 1.46. The van der Waals surface area contributed by atoms with Crippen molar-refractivity contribution in [2.75, 3.05) is 6.54 Å². The molecule has 2 fully saturated rings. The minimum Gasteiger partial charge on any atom is -0.361 e.